The van der Waals surface area contributed by atoms with E-state index >= 15 is 0 Å². The number of benzene rings is 1. The van der Waals surface area contributed by atoms with E-state index in [-0.39, 0.29) is 5.91 Å². The van der Waals surface area contributed by atoms with Gasteiger partial charge >= 0.3 is 0 Å². The molecule has 1 heterocycles. The molecular formula is C17H20ClN3O2. The molecule has 6 heteroatoms. The van der Waals surface area contributed by atoms with Gasteiger partial charge in [0.25, 0.3) is 0 Å². The predicted molar refractivity (Wildman–Crippen MR) is 91.4 cm³/mol. The standard InChI is InChI=1S/C17H20ClN3O2/c1-4-23-15-8-6-5-7-13(15)11-19-16(22)10-9-14-12(2)20-21(3)17(14)18/h5-10H,4,11H2,1-3H3,(H,19,22)/b10-9+. The molecule has 2 rings (SSSR count). The number of aromatic nitrogens is 2. The quantitative estimate of drug-likeness (QED) is 0.826. The number of hydrogen-bond acceptors (Lipinski definition) is 3. The molecule has 1 aromatic heterocycles. The predicted octanol–water partition coefficient (Wildman–Crippen LogP) is 3.11. The Bertz CT molecular complexity index is 723. The van der Waals surface area contributed by atoms with E-state index in [0.717, 1.165) is 22.6 Å². The van der Waals surface area contributed by atoms with E-state index < -0.39 is 0 Å². The fourth-order valence-electron chi connectivity index (χ4n) is 2.18. The zero-order chi connectivity index (χ0) is 16.8. The summed E-state index contributed by atoms with van der Waals surface area (Å²) >= 11 is 6.13. The van der Waals surface area contributed by atoms with Gasteiger partial charge in [-0.25, -0.2) is 0 Å². The maximum atomic E-state index is 12.0. The van der Waals surface area contributed by atoms with Gasteiger partial charge in [-0.3, -0.25) is 9.48 Å². The minimum atomic E-state index is -0.198. The van der Waals surface area contributed by atoms with Gasteiger partial charge in [0.1, 0.15) is 10.9 Å². The number of para-hydroxylation sites is 1. The summed E-state index contributed by atoms with van der Waals surface area (Å²) < 4.78 is 7.11. The Morgan fingerprint density at radius 3 is 2.83 bits per heavy atom. The van der Waals surface area contributed by atoms with Crippen molar-refractivity contribution in [3.05, 3.63) is 52.3 Å². The number of ether oxygens (including phenoxy) is 1. The van der Waals surface area contributed by atoms with Crippen molar-refractivity contribution in [1.82, 2.24) is 15.1 Å². The lowest BCUT2D eigenvalue weighted by Gasteiger charge is -2.09. The van der Waals surface area contributed by atoms with Crippen LogP contribution in [0.3, 0.4) is 0 Å². The molecule has 0 atom stereocenters. The monoisotopic (exact) mass is 333 g/mol. The largest absolute Gasteiger partial charge is 0.494 e. The smallest absolute Gasteiger partial charge is 0.244 e. The van der Waals surface area contributed by atoms with Crippen LogP contribution in [0.2, 0.25) is 5.15 Å². The molecule has 23 heavy (non-hydrogen) atoms. The molecule has 0 bridgehead atoms. The van der Waals surface area contributed by atoms with Crippen molar-refractivity contribution in [3.63, 3.8) is 0 Å². The van der Waals surface area contributed by atoms with Gasteiger partial charge in [0.05, 0.1) is 12.3 Å². The van der Waals surface area contributed by atoms with Crippen LogP contribution in [0, 0.1) is 6.92 Å². The second-order valence-corrected chi connectivity index (χ2v) is 5.36. The lowest BCUT2D eigenvalue weighted by Crippen LogP contribution is -2.20. The molecule has 5 nitrogen and oxygen atoms in total. The molecule has 122 valence electrons. The molecule has 0 unspecified atom stereocenters. The number of halogens is 1. The van der Waals surface area contributed by atoms with Crippen molar-refractivity contribution in [2.45, 2.75) is 20.4 Å². The third kappa shape index (κ3) is 4.36. The Labute approximate surface area is 140 Å². The molecular weight excluding hydrogens is 314 g/mol. The summed E-state index contributed by atoms with van der Waals surface area (Å²) in [4.78, 5) is 12.0. The van der Waals surface area contributed by atoms with Crippen LogP contribution >= 0.6 is 11.6 Å². The van der Waals surface area contributed by atoms with E-state index in [0.29, 0.717) is 18.3 Å². The average Bonchev–Trinajstić information content (AvgIpc) is 2.77. The zero-order valence-electron chi connectivity index (χ0n) is 13.5. The SMILES string of the molecule is CCOc1ccccc1CNC(=O)/C=C/c1c(C)nn(C)c1Cl. The molecule has 0 radical (unpaired) electrons. The van der Waals surface area contributed by atoms with E-state index in [9.17, 15) is 4.79 Å². The topological polar surface area (TPSA) is 56.1 Å². The van der Waals surface area contributed by atoms with Crippen molar-refractivity contribution >= 4 is 23.6 Å². The third-order valence-electron chi connectivity index (χ3n) is 3.32. The zero-order valence-corrected chi connectivity index (χ0v) is 14.2. The minimum absolute atomic E-state index is 0.198. The maximum absolute atomic E-state index is 12.0. The number of aryl methyl sites for hydroxylation is 2. The number of amides is 1. The number of carbonyl (C=O) groups excluding carboxylic acids is 1. The second kappa shape index (κ2) is 7.83. The first-order chi connectivity index (χ1) is 11.0. The van der Waals surface area contributed by atoms with Crippen molar-refractivity contribution in [2.75, 3.05) is 6.61 Å². The molecule has 1 amide bonds. The average molecular weight is 334 g/mol. The first-order valence-corrected chi connectivity index (χ1v) is 7.76. The first kappa shape index (κ1) is 17.1. The summed E-state index contributed by atoms with van der Waals surface area (Å²) in [7, 11) is 1.76. The lowest BCUT2D eigenvalue weighted by atomic mass is 10.2. The number of hydrogen-bond donors (Lipinski definition) is 1. The number of nitrogens with zero attached hydrogens (tertiary/aromatic N) is 2. The summed E-state index contributed by atoms with van der Waals surface area (Å²) in [6.45, 7) is 4.77. The van der Waals surface area contributed by atoms with Crippen LogP contribution in [0.15, 0.2) is 30.3 Å². The Kier molecular flexibility index (Phi) is 5.82. The van der Waals surface area contributed by atoms with E-state index in [1.165, 1.54) is 6.08 Å². The van der Waals surface area contributed by atoms with Crippen molar-refractivity contribution in [1.29, 1.82) is 0 Å². The minimum Gasteiger partial charge on any atom is -0.494 e. The molecule has 0 aliphatic heterocycles. The van der Waals surface area contributed by atoms with Gasteiger partial charge in [-0.15, -0.1) is 0 Å². The van der Waals surface area contributed by atoms with Crippen LogP contribution < -0.4 is 10.1 Å². The molecule has 0 aliphatic carbocycles. The van der Waals surface area contributed by atoms with E-state index in [1.807, 2.05) is 38.1 Å². The van der Waals surface area contributed by atoms with Crippen LogP contribution in [0.25, 0.3) is 6.08 Å². The highest BCUT2D eigenvalue weighted by Crippen LogP contribution is 2.20. The summed E-state index contributed by atoms with van der Waals surface area (Å²) in [5.74, 6) is 0.584. The second-order valence-electron chi connectivity index (χ2n) is 5.01. The molecule has 2 aromatic rings. The molecule has 0 saturated heterocycles. The summed E-state index contributed by atoms with van der Waals surface area (Å²) in [5.41, 5.74) is 2.47. The van der Waals surface area contributed by atoms with Crippen molar-refractivity contribution < 1.29 is 9.53 Å². The lowest BCUT2D eigenvalue weighted by molar-refractivity contribution is -0.116. The van der Waals surface area contributed by atoms with Gasteiger partial charge in [0.2, 0.25) is 5.91 Å². The van der Waals surface area contributed by atoms with Gasteiger partial charge in [0, 0.05) is 30.8 Å². The van der Waals surface area contributed by atoms with Gasteiger partial charge in [-0.2, -0.15) is 5.10 Å². The van der Waals surface area contributed by atoms with Crippen LogP contribution in [-0.2, 0) is 18.4 Å². The van der Waals surface area contributed by atoms with Crippen LogP contribution in [-0.4, -0.2) is 22.3 Å². The highest BCUT2D eigenvalue weighted by Gasteiger charge is 2.08. The number of rotatable bonds is 6. The Hall–Kier alpha value is -2.27. The molecule has 1 N–H and O–H groups in total. The van der Waals surface area contributed by atoms with Crippen LogP contribution in [0.5, 0.6) is 5.75 Å². The van der Waals surface area contributed by atoms with E-state index in [1.54, 1.807) is 17.8 Å². The normalized spacial score (nSPS) is 11.0. The van der Waals surface area contributed by atoms with Crippen LogP contribution in [0.1, 0.15) is 23.7 Å². The van der Waals surface area contributed by atoms with Gasteiger partial charge in [-0.05, 0) is 26.0 Å². The molecule has 0 spiro atoms. The van der Waals surface area contributed by atoms with Gasteiger partial charge in [-0.1, -0.05) is 29.8 Å². The van der Waals surface area contributed by atoms with Crippen molar-refractivity contribution in [3.8, 4) is 5.75 Å². The van der Waals surface area contributed by atoms with E-state index in [2.05, 4.69) is 10.4 Å². The molecule has 0 saturated carbocycles. The Balaban J connectivity index is 1.99. The summed E-state index contributed by atoms with van der Waals surface area (Å²) in [6, 6.07) is 7.64. The number of carbonyl (C=O) groups is 1. The fourth-order valence-corrected chi connectivity index (χ4v) is 2.42. The first-order valence-electron chi connectivity index (χ1n) is 7.38. The highest BCUT2D eigenvalue weighted by atomic mass is 35.5. The van der Waals surface area contributed by atoms with Gasteiger partial charge in [0.15, 0.2) is 0 Å². The Morgan fingerprint density at radius 2 is 2.17 bits per heavy atom. The summed E-state index contributed by atoms with van der Waals surface area (Å²) in [6.07, 6.45) is 3.13. The number of nitrogens with one attached hydrogen (secondary N) is 1. The Morgan fingerprint density at radius 1 is 1.43 bits per heavy atom. The third-order valence-corrected chi connectivity index (χ3v) is 3.77. The molecule has 0 aliphatic rings. The van der Waals surface area contributed by atoms with Crippen LogP contribution in [0.4, 0.5) is 0 Å². The van der Waals surface area contributed by atoms with E-state index in [4.69, 9.17) is 16.3 Å². The van der Waals surface area contributed by atoms with Crippen molar-refractivity contribution in [2.24, 2.45) is 7.05 Å². The highest BCUT2D eigenvalue weighted by molar-refractivity contribution is 6.31. The molecule has 0 fully saturated rings. The summed E-state index contributed by atoms with van der Waals surface area (Å²) in [5, 5.41) is 7.54. The maximum Gasteiger partial charge on any atom is 0.244 e. The fraction of sp³-hybridized carbons (Fsp3) is 0.294. The van der Waals surface area contributed by atoms with Gasteiger partial charge < -0.3 is 10.1 Å². The molecule has 1 aromatic carbocycles.